The van der Waals surface area contributed by atoms with Crippen LogP contribution in [0.4, 0.5) is 5.69 Å². The van der Waals surface area contributed by atoms with E-state index in [4.69, 9.17) is 21.1 Å². The fourth-order valence-electron chi connectivity index (χ4n) is 6.68. The van der Waals surface area contributed by atoms with Gasteiger partial charge in [-0.05, 0) is 37.3 Å². The number of para-hydroxylation sites is 1. The summed E-state index contributed by atoms with van der Waals surface area (Å²) >= 11 is 6.51. The zero-order valence-corrected chi connectivity index (χ0v) is 22.8. The van der Waals surface area contributed by atoms with Crippen molar-refractivity contribution in [2.24, 2.45) is 17.8 Å². The zero-order chi connectivity index (χ0) is 27.2. The minimum Gasteiger partial charge on any atom is -0.465 e. The summed E-state index contributed by atoms with van der Waals surface area (Å²) in [5.41, 5.74) is -2.01. The van der Waals surface area contributed by atoms with E-state index in [2.05, 4.69) is 0 Å². The number of amides is 2. The second-order valence-electron chi connectivity index (χ2n) is 10.9. The number of anilines is 1. The van der Waals surface area contributed by atoms with Crippen LogP contribution in [0.3, 0.4) is 0 Å². The Balaban J connectivity index is 1.72. The molecular weight excluding hydrogens is 508 g/mol. The van der Waals surface area contributed by atoms with Crippen molar-refractivity contribution in [2.45, 2.75) is 63.3 Å². The number of likely N-dealkylation sites (tertiary alicyclic amines) is 1. The van der Waals surface area contributed by atoms with Crippen molar-refractivity contribution in [2.75, 3.05) is 24.7 Å². The van der Waals surface area contributed by atoms with E-state index in [1.807, 2.05) is 39.0 Å². The van der Waals surface area contributed by atoms with E-state index in [9.17, 15) is 19.5 Å². The number of rotatable bonds is 5. The third-order valence-electron chi connectivity index (χ3n) is 8.53. The van der Waals surface area contributed by atoms with E-state index in [1.165, 1.54) is 4.90 Å². The van der Waals surface area contributed by atoms with Crippen LogP contribution in [-0.2, 0) is 23.9 Å². The summed E-state index contributed by atoms with van der Waals surface area (Å²) in [4.78, 5) is 45.6. The van der Waals surface area contributed by atoms with Crippen molar-refractivity contribution in [1.29, 1.82) is 0 Å². The number of aliphatic hydroxyl groups is 1. The maximum atomic E-state index is 14.5. The molecule has 1 aromatic rings. The Bertz CT molecular complexity index is 1180. The Hall–Kier alpha value is -2.68. The van der Waals surface area contributed by atoms with Crippen molar-refractivity contribution >= 4 is 35.1 Å². The molecule has 0 saturated carbocycles. The van der Waals surface area contributed by atoms with Crippen LogP contribution in [0.25, 0.3) is 0 Å². The van der Waals surface area contributed by atoms with Crippen LogP contribution in [0.15, 0.2) is 48.6 Å². The summed E-state index contributed by atoms with van der Waals surface area (Å²) in [6, 6.07) is 5.31. The highest BCUT2D eigenvalue weighted by Crippen LogP contribution is 2.59. The van der Waals surface area contributed by atoms with Crippen molar-refractivity contribution in [3.05, 3.63) is 53.6 Å². The molecule has 1 aromatic carbocycles. The van der Waals surface area contributed by atoms with Gasteiger partial charge in [-0.15, -0.1) is 0 Å². The summed E-state index contributed by atoms with van der Waals surface area (Å²) in [5, 5.41) is 10.8. The molecule has 1 N–H and O–H groups in total. The lowest BCUT2D eigenvalue weighted by molar-refractivity contribution is -0.161. The van der Waals surface area contributed by atoms with Gasteiger partial charge in [0.15, 0.2) is 0 Å². The number of esters is 1. The topological polar surface area (TPSA) is 96.4 Å². The first-order valence-corrected chi connectivity index (χ1v) is 13.8. The maximum Gasteiger partial charge on any atom is 0.313 e. The number of halogens is 1. The molecule has 0 bridgehead atoms. The van der Waals surface area contributed by atoms with Gasteiger partial charge < -0.3 is 24.4 Å². The second kappa shape index (κ2) is 10.1. The molecule has 1 unspecified atom stereocenters. The number of benzene rings is 1. The summed E-state index contributed by atoms with van der Waals surface area (Å²) in [6.45, 7) is 5.84. The average Bonchev–Trinajstić information content (AvgIpc) is 3.27. The van der Waals surface area contributed by atoms with E-state index in [1.54, 1.807) is 35.2 Å². The van der Waals surface area contributed by atoms with Crippen molar-refractivity contribution in [3.63, 3.8) is 0 Å². The van der Waals surface area contributed by atoms with E-state index >= 15 is 0 Å². The fourth-order valence-corrected chi connectivity index (χ4v) is 6.92. The lowest BCUT2D eigenvalue weighted by Crippen LogP contribution is -2.60. The van der Waals surface area contributed by atoms with E-state index in [0.29, 0.717) is 30.0 Å². The fraction of sp³-hybridized carbons (Fsp3) is 0.552. The lowest BCUT2D eigenvalue weighted by atomic mass is 9.73. The molecule has 8 nitrogen and oxygen atoms in total. The van der Waals surface area contributed by atoms with Gasteiger partial charge >= 0.3 is 5.97 Å². The molecule has 4 heterocycles. The van der Waals surface area contributed by atoms with Crippen LogP contribution < -0.4 is 4.90 Å². The molecule has 0 aliphatic carbocycles. The molecule has 6 atom stereocenters. The first-order chi connectivity index (χ1) is 18.2. The third-order valence-corrected chi connectivity index (χ3v) is 8.85. The maximum absolute atomic E-state index is 14.5. The zero-order valence-electron chi connectivity index (χ0n) is 22.0. The average molecular weight is 543 g/mol. The van der Waals surface area contributed by atoms with Gasteiger partial charge in [-0.2, -0.15) is 0 Å². The molecule has 4 aliphatic heterocycles. The number of ether oxygens (including phenoxy) is 2. The molecule has 4 aliphatic rings. The molecular formula is C29H35ClN2O6. The number of cyclic esters (lactones) is 1. The number of nitrogens with zero attached hydrogens (tertiary/aromatic N) is 2. The largest absolute Gasteiger partial charge is 0.465 e. The standard InChI is InChI=1S/C29H35ClN2O6/c1-4-28-13-8-5-9-16-37-27(36)23(28)22-25(34)32(21(17-33)18(2)3)24-26(35)31(15-10-14-29(22,24)38-28)20-12-7-6-11-19(20)30/h6-8,10-14,18,21-24,33H,4-5,9,15-17H2,1-3H3/b13-8-/t21-,22-,23-,24?,28+,29-/m0/s1. The van der Waals surface area contributed by atoms with Gasteiger partial charge in [0.25, 0.3) is 5.91 Å². The molecule has 0 radical (unpaired) electrons. The quantitative estimate of drug-likeness (QED) is 0.452. The van der Waals surface area contributed by atoms with E-state index in [-0.39, 0.29) is 37.5 Å². The van der Waals surface area contributed by atoms with Crippen molar-refractivity contribution in [1.82, 2.24) is 4.90 Å². The van der Waals surface area contributed by atoms with Gasteiger partial charge in [0.1, 0.15) is 23.2 Å². The number of aliphatic hydroxyl groups excluding tert-OH is 1. The normalized spacial score (nSPS) is 34.6. The Morgan fingerprint density at radius 3 is 2.55 bits per heavy atom. The summed E-state index contributed by atoms with van der Waals surface area (Å²) in [6.07, 6.45) is 9.30. The molecule has 2 saturated heterocycles. The Kier molecular flexibility index (Phi) is 7.18. The summed E-state index contributed by atoms with van der Waals surface area (Å²) in [5.74, 6) is -3.32. The number of hydrogen-bond acceptors (Lipinski definition) is 6. The van der Waals surface area contributed by atoms with Gasteiger partial charge in [-0.3, -0.25) is 14.4 Å². The Morgan fingerprint density at radius 1 is 1.11 bits per heavy atom. The minimum atomic E-state index is -1.42. The van der Waals surface area contributed by atoms with E-state index in [0.717, 1.165) is 0 Å². The van der Waals surface area contributed by atoms with Crippen LogP contribution >= 0.6 is 11.6 Å². The highest BCUT2D eigenvalue weighted by molar-refractivity contribution is 6.34. The number of fused-ring (bicyclic) bond motifs is 2. The Labute approximate surface area is 228 Å². The smallest absolute Gasteiger partial charge is 0.313 e. The van der Waals surface area contributed by atoms with E-state index < -0.39 is 41.1 Å². The molecule has 0 aromatic heterocycles. The number of allylic oxidation sites excluding steroid dienone is 1. The van der Waals surface area contributed by atoms with Crippen LogP contribution in [-0.4, -0.2) is 70.8 Å². The first-order valence-electron chi connectivity index (χ1n) is 13.4. The van der Waals surface area contributed by atoms with Crippen LogP contribution in [0.1, 0.15) is 40.0 Å². The second-order valence-corrected chi connectivity index (χ2v) is 11.3. The molecule has 1 spiro atoms. The minimum absolute atomic E-state index is 0.156. The summed E-state index contributed by atoms with van der Waals surface area (Å²) in [7, 11) is 0. The molecule has 2 amide bonds. The van der Waals surface area contributed by atoms with Crippen molar-refractivity contribution in [3.8, 4) is 0 Å². The predicted octanol–water partition coefficient (Wildman–Crippen LogP) is 3.51. The third kappa shape index (κ3) is 3.91. The molecule has 9 heteroatoms. The highest BCUT2D eigenvalue weighted by Gasteiger charge is 2.76. The van der Waals surface area contributed by atoms with Gasteiger partial charge in [0, 0.05) is 6.54 Å². The highest BCUT2D eigenvalue weighted by atomic mass is 35.5. The lowest BCUT2D eigenvalue weighted by Gasteiger charge is -2.41. The van der Waals surface area contributed by atoms with Crippen molar-refractivity contribution < 1.29 is 29.0 Å². The molecule has 204 valence electrons. The van der Waals surface area contributed by atoms with Gasteiger partial charge in [0.05, 0.1) is 35.9 Å². The molecule has 5 rings (SSSR count). The summed E-state index contributed by atoms with van der Waals surface area (Å²) < 4.78 is 12.6. The first kappa shape index (κ1) is 26.9. The monoisotopic (exact) mass is 542 g/mol. The number of carbonyl (C=O) groups excluding carboxylic acids is 3. The van der Waals surface area contributed by atoms with Crippen LogP contribution in [0, 0.1) is 17.8 Å². The van der Waals surface area contributed by atoms with Gasteiger partial charge in [0.2, 0.25) is 5.91 Å². The van der Waals surface area contributed by atoms with Crippen LogP contribution in [0.5, 0.6) is 0 Å². The SMILES string of the molecule is CC[C@@]12/C=C\CCCOC(=O)[C@@H]1[C@H]1C(=O)N([C@@H](CO)C(C)C)C3C(=O)N(c4ccccc4Cl)CC=C[C@@]31O2. The van der Waals surface area contributed by atoms with Crippen LogP contribution in [0.2, 0.25) is 5.02 Å². The predicted molar refractivity (Wildman–Crippen MR) is 142 cm³/mol. The van der Waals surface area contributed by atoms with Gasteiger partial charge in [-0.1, -0.05) is 68.8 Å². The number of hydrogen-bond donors (Lipinski definition) is 1. The number of carbonyl (C=O) groups is 3. The van der Waals surface area contributed by atoms with Gasteiger partial charge in [-0.25, -0.2) is 0 Å². The molecule has 2 fully saturated rings. The molecule has 38 heavy (non-hydrogen) atoms. The Morgan fingerprint density at radius 2 is 1.87 bits per heavy atom.